The van der Waals surface area contributed by atoms with E-state index in [1.54, 1.807) is 0 Å². The number of anilines is 1. The summed E-state index contributed by atoms with van der Waals surface area (Å²) in [7, 11) is 0. The van der Waals surface area contributed by atoms with Gasteiger partial charge in [-0.3, -0.25) is 4.79 Å². The zero-order valence-electron chi connectivity index (χ0n) is 13.0. The second kappa shape index (κ2) is 8.97. The number of carbonyl (C=O) groups is 1. The van der Waals surface area contributed by atoms with Crippen LogP contribution in [0.15, 0.2) is 24.3 Å². The molecule has 0 spiro atoms. The van der Waals surface area contributed by atoms with E-state index in [1.807, 2.05) is 29.2 Å². The number of piperazine rings is 1. The Morgan fingerprint density at radius 1 is 1.04 bits per heavy atom. The number of carbonyl (C=O) groups excluding carboxylic acids is 1. The van der Waals surface area contributed by atoms with Gasteiger partial charge in [0, 0.05) is 48.8 Å². The molecule has 7 heteroatoms. The summed E-state index contributed by atoms with van der Waals surface area (Å²) in [6.07, 6.45) is 2.80. The van der Waals surface area contributed by atoms with E-state index in [0.29, 0.717) is 5.91 Å². The minimum absolute atomic E-state index is 0. The third-order valence-electron chi connectivity index (χ3n) is 4.61. The first-order valence-electron chi connectivity index (χ1n) is 7.68. The summed E-state index contributed by atoms with van der Waals surface area (Å²) in [4.78, 5) is 16.8. The lowest BCUT2D eigenvalue weighted by molar-refractivity contribution is -0.135. The van der Waals surface area contributed by atoms with Crippen LogP contribution in [0.3, 0.4) is 0 Å². The van der Waals surface area contributed by atoms with Crippen LogP contribution < -0.4 is 10.6 Å². The first-order valence-corrected chi connectivity index (χ1v) is 8.06. The predicted molar refractivity (Wildman–Crippen MR) is 100 cm³/mol. The van der Waals surface area contributed by atoms with Crippen molar-refractivity contribution < 1.29 is 4.79 Å². The fraction of sp³-hybridized carbons (Fsp3) is 0.562. The van der Waals surface area contributed by atoms with Crippen molar-refractivity contribution in [3.63, 3.8) is 0 Å². The molecule has 0 aromatic heterocycles. The summed E-state index contributed by atoms with van der Waals surface area (Å²) in [5.74, 6) is 0.459. The quantitative estimate of drug-likeness (QED) is 0.858. The standard InChI is InChI=1S/C16H22ClN3O.2ClH/c17-13-2-5-15(6-3-13)19-7-9-20(10-8-19)16(21)12-1-4-14(18)11-12;;/h2-3,5-6,12,14H,1,4,7-11,18H2;2*1H. The average Bonchev–Trinajstić information content (AvgIpc) is 2.94. The highest BCUT2D eigenvalue weighted by molar-refractivity contribution is 6.30. The molecule has 130 valence electrons. The van der Waals surface area contributed by atoms with Gasteiger partial charge in [-0.05, 0) is 43.5 Å². The Bertz CT molecular complexity index is 504. The summed E-state index contributed by atoms with van der Waals surface area (Å²) in [6, 6.07) is 8.11. The fourth-order valence-electron chi connectivity index (χ4n) is 3.34. The number of halogens is 3. The molecule has 2 fully saturated rings. The Kier molecular flexibility index (Phi) is 7.95. The molecule has 4 nitrogen and oxygen atoms in total. The smallest absolute Gasteiger partial charge is 0.225 e. The van der Waals surface area contributed by atoms with Crippen LogP contribution in [0.1, 0.15) is 19.3 Å². The van der Waals surface area contributed by atoms with Gasteiger partial charge in [-0.15, -0.1) is 24.8 Å². The second-order valence-corrected chi connectivity index (χ2v) is 6.50. The van der Waals surface area contributed by atoms with E-state index in [4.69, 9.17) is 17.3 Å². The molecule has 2 unspecified atom stereocenters. The third-order valence-corrected chi connectivity index (χ3v) is 4.86. The number of benzene rings is 1. The zero-order chi connectivity index (χ0) is 14.8. The van der Waals surface area contributed by atoms with Gasteiger partial charge in [0.25, 0.3) is 0 Å². The normalized spacial score (nSPS) is 23.9. The molecule has 23 heavy (non-hydrogen) atoms. The minimum atomic E-state index is 0. The molecule has 1 amide bonds. The highest BCUT2D eigenvalue weighted by Gasteiger charge is 2.32. The number of hydrogen-bond donors (Lipinski definition) is 1. The molecule has 2 atom stereocenters. The maximum Gasteiger partial charge on any atom is 0.225 e. The van der Waals surface area contributed by atoms with Gasteiger partial charge in [-0.2, -0.15) is 0 Å². The highest BCUT2D eigenvalue weighted by Crippen LogP contribution is 2.27. The van der Waals surface area contributed by atoms with Crippen LogP contribution in [0.5, 0.6) is 0 Å². The molecule has 1 aliphatic carbocycles. The van der Waals surface area contributed by atoms with Crippen LogP contribution in [0.4, 0.5) is 5.69 Å². The van der Waals surface area contributed by atoms with Gasteiger partial charge in [0.15, 0.2) is 0 Å². The number of rotatable bonds is 2. The van der Waals surface area contributed by atoms with E-state index < -0.39 is 0 Å². The Morgan fingerprint density at radius 3 is 2.17 bits per heavy atom. The van der Waals surface area contributed by atoms with Crippen molar-refractivity contribution in [2.45, 2.75) is 25.3 Å². The maximum atomic E-state index is 12.5. The number of nitrogens with zero attached hydrogens (tertiary/aromatic N) is 2. The van der Waals surface area contributed by atoms with Crippen molar-refractivity contribution in [2.75, 3.05) is 31.1 Å². The van der Waals surface area contributed by atoms with E-state index in [-0.39, 0.29) is 36.8 Å². The number of amides is 1. The van der Waals surface area contributed by atoms with Crippen molar-refractivity contribution in [1.82, 2.24) is 4.90 Å². The van der Waals surface area contributed by atoms with Gasteiger partial charge < -0.3 is 15.5 Å². The summed E-state index contributed by atoms with van der Waals surface area (Å²) in [5.41, 5.74) is 7.09. The zero-order valence-corrected chi connectivity index (χ0v) is 15.4. The molecule has 3 rings (SSSR count). The van der Waals surface area contributed by atoms with Crippen molar-refractivity contribution in [3.8, 4) is 0 Å². The van der Waals surface area contributed by atoms with Crippen LogP contribution in [0.25, 0.3) is 0 Å². The Balaban J connectivity index is 0.00000132. The summed E-state index contributed by atoms with van der Waals surface area (Å²) < 4.78 is 0. The van der Waals surface area contributed by atoms with Crippen LogP contribution in [-0.2, 0) is 4.79 Å². The minimum Gasteiger partial charge on any atom is -0.368 e. The first-order chi connectivity index (χ1) is 10.1. The summed E-state index contributed by atoms with van der Waals surface area (Å²) in [6.45, 7) is 3.36. The number of nitrogens with two attached hydrogens (primary N) is 1. The summed E-state index contributed by atoms with van der Waals surface area (Å²) in [5, 5.41) is 0.755. The maximum absolute atomic E-state index is 12.5. The Labute approximate surface area is 155 Å². The van der Waals surface area contributed by atoms with E-state index in [2.05, 4.69) is 4.90 Å². The topological polar surface area (TPSA) is 49.6 Å². The van der Waals surface area contributed by atoms with Crippen LogP contribution in [0, 0.1) is 5.92 Å². The second-order valence-electron chi connectivity index (χ2n) is 6.06. The van der Waals surface area contributed by atoms with Crippen LogP contribution in [-0.4, -0.2) is 43.0 Å². The van der Waals surface area contributed by atoms with Gasteiger partial charge in [0.1, 0.15) is 0 Å². The number of hydrogen-bond acceptors (Lipinski definition) is 3. The predicted octanol–water partition coefficient (Wildman–Crippen LogP) is 2.96. The van der Waals surface area contributed by atoms with Gasteiger partial charge in [-0.25, -0.2) is 0 Å². The van der Waals surface area contributed by atoms with Crippen molar-refractivity contribution in [1.29, 1.82) is 0 Å². The summed E-state index contributed by atoms with van der Waals surface area (Å²) >= 11 is 5.92. The molecule has 0 radical (unpaired) electrons. The van der Waals surface area contributed by atoms with E-state index >= 15 is 0 Å². The SMILES string of the molecule is Cl.Cl.NC1CCC(C(=O)N2CCN(c3ccc(Cl)cc3)CC2)C1. The molecule has 2 N–H and O–H groups in total. The molecule has 1 aromatic carbocycles. The first kappa shape index (κ1) is 20.4. The molecule has 1 saturated heterocycles. The molecule has 1 saturated carbocycles. The van der Waals surface area contributed by atoms with Crippen LogP contribution >= 0.6 is 36.4 Å². The lowest BCUT2D eigenvalue weighted by atomic mass is 10.1. The van der Waals surface area contributed by atoms with Gasteiger partial charge in [-0.1, -0.05) is 11.6 Å². The molecular formula is C16H24Cl3N3O. The Morgan fingerprint density at radius 2 is 1.65 bits per heavy atom. The largest absolute Gasteiger partial charge is 0.368 e. The van der Waals surface area contributed by atoms with Crippen molar-refractivity contribution in [3.05, 3.63) is 29.3 Å². The van der Waals surface area contributed by atoms with Gasteiger partial charge in [0.2, 0.25) is 5.91 Å². The van der Waals surface area contributed by atoms with E-state index in [9.17, 15) is 4.79 Å². The Hall–Kier alpha value is -0.680. The lowest BCUT2D eigenvalue weighted by Crippen LogP contribution is -2.50. The monoisotopic (exact) mass is 379 g/mol. The van der Waals surface area contributed by atoms with E-state index in [1.165, 1.54) is 5.69 Å². The lowest BCUT2D eigenvalue weighted by Gasteiger charge is -2.37. The fourth-order valence-corrected chi connectivity index (χ4v) is 3.46. The molecule has 1 aliphatic heterocycles. The molecule has 0 bridgehead atoms. The third kappa shape index (κ3) is 4.90. The van der Waals surface area contributed by atoms with Crippen molar-refractivity contribution >= 4 is 48.0 Å². The van der Waals surface area contributed by atoms with Gasteiger partial charge >= 0.3 is 0 Å². The highest BCUT2D eigenvalue weighted by atomic mass is 35.5. The molecule has 1 aromatic rings. The van der Waals surface area contributed by atoms with Crippen molar-refractivity contribution in [2.24, 2.45) is 11.7 Å². The average molecular weight is 381 g/mol. The van der Waals surface area contributed by atoms with Gasteiger partial charge in [0.05, 0.1) is 0 Å². The van der Waals surface area contributed by atoms with E-state index in [0.717, 1.165) is 50.5 Å². The molecular weight excluding hydrogens is 357 g/mol. The van der Waals surface area contributed by atoms with Crippen LogP contribution in [0.2, 0.25) is 5.02 Å². The molecule has 1 heterocycles. The molecule has 2 aliphatic rings.